The van der Waals surface area contributed by atoms with Crippen molar-refractivity contribution in [3.05, 3.63) is 35.1 Å². The predicted octanol–water partition coefficient (Wildman–Crippen LogP) is 2.60. The molecule has 0 aliphatic carbocycles. The van der Waals surface area contributed by atoms with E-state index in [1.165, 1.54) is 18.4 Å². The Labute approximate surface area is 84.3 Å². The van der Waals surface area contributed by atoms with Gasteiger partial charge in [0.15, 0.2) is 0 Å². The lowest BCUT2D eigenvalue weighted by molar-refractivity contribution is 0.461. The van der Waals surface area contributed by atoms with E-state index in [1.54, 1.807) is 6.07 Å². The maximum atomic E-state index is 13.1. The number of hydrogen-bond acceptors (Lipinski definition) is 1. The summed E-state index contributed by atoms with van der Waals surface area (Å²) in [6, 6.07) is 5.48. The number of hydrogen-bond donors (Lipinski definition) is 1. The zero-order chi connectivity index (χ0) is 9.97. The number of halogens is 1. The molecule has 1 aromatic rings. The van der Waals surface area contributed by atoms with Crippen molar-refractivity contribution in [3.8, 4) is 0 Å². The lowest BCUT2D eigenvalue weighted by Gasteiger charge is -2.23. The third kappa shape index (κ3) is 1.95. The van der Waals surface area contributed by atoms with Crippen LogP contribution in [-0.2, 0) is 0 Å². The van der Waals surface area contributed by atoms with Crippen LogP contribution in [-0.4, -0.2) is 13.1 Å². The first-order valence-electron chi connectivity index (χ1n) is 5.24. The number of rotatable bonds is 1. The standard InChI is InChI=1S/C12H16FN/c1-9-7-10(4-5-12(9)13)11-3-2-6-14-8-11/h4-5,7,11,14H,2-3,6,8H2,1H3. The molecule has 0 bridgehead atoms. The van der Waals surface area contributed by atoms with Crippen molar-refractivity contribution >= 4 is 0 Å². The molecule has 1 aromatic carbocycles. The Morgan fingerprint density at radius 3 is 2.93 bits per heavy atom. The Balaban J connectivity index is 2.18. The molecular formula is C12H16FN. The fraction of sp³-hybridized carbons (Fsp3) is 0.500. The predicted molar refractivity (Wildman–Crippen MR) is 56.0 cm³/mol. The minimum Gasteiger partial charge on any atom is -0.316 e. The molecule has 0 saturated carbocycles. The maximum Gasteiger partial charge on any atom is 0.126 e. The Bertz CT molecular complexity index is 316. The van der Waals surface area contributed by atoms with E-state index in [-0.39, 0.29) is 5.82 Å². The Morgan fingerprint density at radius 2 is 2.29 bits per heavy atom. The van der Waals surface area contributed by atoms with Gasteiger partial charge in [-0.3, -0.25) is 0 Å². The molecule has 1 aliphatic rings. The quantitative estimate of drug-likeness (QED) is 0.723. The van der Waals surface area contributed by atoms with Crippen LogP contribution in [0.15, 0.2) is 18.2 Å². The van der Waals surface area contributed by atoms with Crippen molar-refractivity contribution in [1.82, 2.24) is 5.32 Å². The monoisotopic (exact) mass is 193 g/mol. The van der Waals surface area contributed by atoms with Gasteiger partial charge < -0.3 is 5.32 Å². The van der Waals surface area contributed by atoms with Gasteiger partial charge in [0.25, 0.3) is 0 Å². The topological polar surface area (TPSA) is 12.0 Å². The van der Waals surface area contributed by atoms with Crippen molar-refractivity contribution in [2.45, 2.75) is 25.7 Å². The minimum absolute atomic E-state index is 0.0995. The molecule has 0 amide bonds. The second-order valence-corrected chi connectivity index (χ2v) is 4.05. The van der Waals surface area contributed by atoms with Crippen LogP contribution >= 0.6 is 0 Å². The van der Waals surface area contributed by atoms with Crippen LogP contribution in [0.2, 0.25) is 0 Å². The van der Waals surface area contributed by atoms with Crippen LogP contribution in [0.1, 0.15) is 29.9 Å². The van der Waals surface area contributed by atoms with Crippen molar-refractivity contribution < 1.29 is 4.39 Å². The number of benzene rings is 1. The van der Waals surface area contributed by atoms with Crippen LogP contribution < -0.4 is 5.32 Å². The highest BCUT2D eigenvalue weighted by atomic mass is 19.1. The van der Waals surface area contributed by atoms with Crippen LogP contribution in [0.5, 0.6) is 0 Å². The molecule has 14 heavy (non-hydrogen) atoms. The van der Waals surface area contributed by atoms with E-state index in [2.05, 4.69) is 5.32 Å². The smallest absolute Gasteiger partial charge is 0.126 e. The Hall–Kier alpha value is -0.890. The highest BCUT2D eigenvalue weighted by Crippen LogP contribution is 2.24. The van der Waals surface area contributed by atoms with E-state index in [0.717, 1.165) is 18.7 Å². The average molecular weight is 193 g/mol. The fourth-order valence-electron chi connectivity index (χ4n) is 2.06. The molecule has 1 atom stereocenters. The van der Waals surface area contributed by atoms with Gasteiger partial charge in [0.1, 0.15) is 5.82 Å². The molecular weight excluding hydrogens is 177 g/mol. The molecule has 1 heterocycles. The van der Waals surface area contributed by atoms with Gasteiger partial charge in [-0.2, -0.15) is 0 Å². The average Bonchev–Trinajstić information content (AvgIpc) is 2.23. The Morgan fingerprint density at radius 1 is 1.43 bits per heavy atom. The van der Waals surface area contributed by atoms with Gasteiger partial charge in [0.2, 0.25) is 0 Å². The van der Waals surface area contributed by atoms with Crippen LogP contribution in [0.3, 0.4) is 0 Å². The summed E-state index contributed by atoms with van der Waals surface area (Å²) in [6.07, 6.45) is 2.44. The van der Waals surface area contributed by atoms with Gasteiger partial charge >= 0.3 is 0 Å². The second kappa shape index (κ2) is 4.09. The summed E-state index contributed by atoms with van der Waals surface area (Å²) in [5.41, 5.74) is 2.03. The lowest BCUT2D eigenvalue weighted by atomic mass is 9.91. The molecule has 1 fully saturated rings. The molecule has 1 unspecified atom stereocenters. The van der Waals surface area contributed by atoms with E-state index >= 15 is 0 Å². The number of piperidine rings is 1. The van der Waals surface area contributed by atoms with Crippen LogP contribution in [0, 0.1) is 12.7 Å². The molecule has 0 spiro atoms. The van der Waals surface area contributed by atoms with E-state index in [1.807, 2.05) is 19.1 Å². The summed E-state index contributed by atoms with van der Waals surface area (Å²) in [6.45, 7) is 3.98. The van der Waals surface area contributed by atoms with Gasteiger partial charge in [0, 0.05) is 6.54 Å². The SMILES string of the molecule is Cc1cc(C2CCCNC2)ccc1F. The summed E-state index contributed by atoms with van der Waals surface area (Å²) < 4.78 is 13.1. The molecule has 2 rings (SSSR count). The highest BCUT2D eigenvalue weighted by molar-refractivity contribution is 5.27. The zero-order valence-electron chi connectivity index (χ0n) is 8.52. The third-order valence-corrected chi connectivity index (χ3v) is 2.95. The first kappa shape index (κ1) is 9.66. The molecule has 1 N–H and O–H groups in total. The van der Waals surface area contributed by atoms with Crippen molar-refractivity contribution in [3.63, 3.8) is 0 Å². The van der Waals surface area contributed by atoms with Crippen molar-refractivity contribution in [2.75, 3.05) is 13.1 Å². The van der Waals surface area contributed by atoms with Gasteiger partial charge in [-0.05, 0) is 49.4 Å². The van der Waals surface area contributed by atoms with Crippen LogP contribution in [0.4, 0.5) is 4.39 Å². The summed E-state index contributed by atoms with van der Waals surface area (Å²) >= 11 is 0. The third-order valence-electron chi connectivity index (χ3n) is 2.95. The normalized spacial score (nSPS) is 22.3. The van der Waals surface area contributed by atoms with Gasteiger partial charge in [0.05, 0.1) is 0 Å². The van der Waals surface area contributed by atoms with E-state index in [4.69, 9.17) is 0 Å². The van der Waals surface area contributed by atoms with Gasteiger partial charge in [-0.15, -0.1) is 0 Å². The fourth-order valence-corrected chi connectivity index (χ4v) is 2.06. The van der Waals surface area contributed by atoms with Gasteiger partial charge in [-0.25, -0.2) is 4.39 Å². The van der Waals surface area contributed by atoms with Crippen LogP contribution in [0.25, 0.3) is 0 Å². The maximum absolute atomic E-state index is 13.1. The summed E-state index contributed by atoms with van der Waals surface area (Å²) in [7, 11) is 0. The van der Waals surface area contributed by atoms with Gasteiger partial charge in [-0.1, -0.05) is 12.1 Å². The molecule has 0 aromatic heterocycles. The first-order chi connectivity index (χ1) is 6.77. The summed E-state index contributed by atoms with van der Waals surface area (Å²) in [4.78, 5) is 0. The molecule has 0 radical (unpaired) electrons. The second-order valence-electron chi connectivity index (χ2n) is 4.05. The number of nitrogens with one attached hydrogen (secondary N) is 1. The molecule has 76 valence electrons. The van der Waals surface area contributed by atoms with E-state index in [0.29, 0.717) is 5.92 Å². The summed E-state index contributed by atoms with van der Waals surface area (Å²) in [5.74, 6) is 0.473. The molecule has 2 heteroatoms. The molecule has 1 aliphatic heterocycles. The van der Waals surface area contributed by atoms with E-state index < -0.39 is 0 Å². The van der Waals surface area contributed by atoms with Crippen molar-refractivity contribution in [2.24, 2.45) is 0 Å². The summed E-state index contributed by atoms with van der Waals surface area (Å²) in [5, 5.41) is 3.37. The largest absolute Gasteiger partial charge is 0.316 e. The molecule has 1 saturated heterocycles. The minimum atomic E-state index is -0.0995. The number of aryl methyl sites for hydroxylation is 1. The van der Waals surface area contributed by atoms with E-state index in [9.17, 15) is 4.39 Å². The first-order valence-corrected chi connectivity index (χ1v) is 5.24. The zero-order valence-corrected chi connectivity index (χ0v) is 8.52. The Kier molecular flexibility index (Phi) is 2.82. The highest BCUT2D eigenvalue weighted by Gasteiger charge is 2.15. The molecule has 1 nitrogen and oxygen atoms in total. The lowest BCUT2D eigenvalue weighted by Crippen LogP contribution is -2.28. The van der Waals surface area contributed by atoms with Crippen molar-refractivity contribution in [1.29, 1.82) is 0 Å².